The van der Waals surface area contributed by atoms with Gasteiger partial charge in [-0.05, 0) is 0 Å². The van der Waals surface area contributed by atoms with Gasteiger partial charge < -0.3 is 0 Å². The van der Waals surface area contributed by atoms with E-state index in [4.69, 9.17) is 40.2 Å². The van der Waals surface area contributed by atoms with E-state index < -0.39 is 99.4 Å². The minimum absolute atomic E-state index is 0.243. The first-order valence-corrected chi connectivity index (χ1v) is 22.8. The predicted molar refractivity (Wildman–Crippen MR) is 121 cm³/mol. The fourth-order valence-corrected chi connectivity index (χ4v) is 13.8. The molecule has 0 aliphatic rings. The Bertz CT molecular complexity index is 848. The molecular weight excluding hydrogens is 594 g/mol. The van der Waals surface area contributed by atoms with E-state index in [0.717, 1.165) is 0 Å². The molecule has 0 spiro atoms. The summed E-state index contributed by atoms with van der Waals surface area (Å²) in [5.74, 6) is -6.95. The summed E-state index contributed by atoms with van der Waals surface area (Å²) < 4.78 is 105. The van der Waals surface area contributed by atoms with Crippen molar-refractivity contribution in [2.24, 2.45) is 0 Å². The molecule has 32 heavy (non-hydrogen) atoms. The summed E-state index contributed by atoms with van der Waals surface area (Å²) in [7, 11) is 23.0. The standard InChI is InChI=1S/2C6F4.4CH3.4Al.4ClH/c2*7-3-1-2-4(8)6(10)5(3)9;;;;;;;;;;;;/h;;4*1H3;;;;;4*1H/q;;;;;;4*+1;;;;/p-4. The lowest BCUT2D eigenvalue weighted by Gasteiger charge is -2.13. The average molecular weight is 606 g/mol. The number of rotatable bonds is 4. The van der Waals surface area contributed by atoms with Crippen molar-refractivity contribution < 1.29 is 35.1 Å². The lowest BCUT2D eigenvalue weighted by atomic mass is 10.3. The summed E-state index contributed by atoms with van der Waals surface area (Å²) in [5.41, 5.74) is 0. The molecule has 0 aliphatic heterocycles. The normalized spacial score (nSPS) is 10.5. The molecule has 2 aromatic carbocycles. The van der Waals surface area contributed by atoms with Crippen LogP contribution in [-0.4, -0.2) is 52.9 Å². The molecule has 0 saturated carbocycles. The van der Waals surface area contributed by atoms with Crippen LogP contribution >= 0.6 is 40.2 Å². The molecule has 0 aliphatic carbocycles. The van der Waals surface area contributed by atoms with Gasteiger partial charge in [0, 0.05) is 0 Å². The van der Waals surface area contributed by atoms with Gasteiger partial charge in [0.25, 0.3) is 0 Å². The van der Waals surface area contributed by atoms with E-state index >= 15 is 0 Å². The lowest BCUT2D eigenvalue weighted by Crippen LogP contribution is -2.48. The van der Waals surface area contributed by atoms with Crippen LogP contribution in [0.3, 0.4) is 0 Å². The van der Waals surface area contributed by atoms with Crippen molar-refractivity contribution in [3.05, 3.63) is 46.5 Å². The van der Waals surface area contributed by atoms with Crippen LogP contribution < -0.4 is 17.7 Å². The molecule has 0 N–H and O–H groups in total. The summed E-state index contributed by atoms with van der Waals surface area (Å²) in [6, 6.07) is 0. The Kier molecular flexibility index (Phi) is 12.6. The van der Waals surface area contributed by atoms with Crippen molar-refractivity contribution in [3.63, 3.8) is 0 Å². The van der Waals surface area contributed by atoms with Crippen LogP contribution in [0.2, 0.25) is 23.1 Å². The first-order chi connectivity index (χ1) is 14.6. The lowest BCUT2D eigenvalue weighted by molar-refractivity contribution is 0.415. The van der Waals surface area contributed by atoms with Crippen LogP contribution in [0, 0.1) is 46.5 Å². The van der Waals surface area contributed by atoms with E-state index in [1.807, 2.05) is 0 Å². The van der Waals surface area contributed by atoms with Crippen LogP contribution in [0.25, 0.3) is 0 Å². The highest BCUT2D eigenvalue weighted by atomic mass is 35.6. The third kappa shape index (κ3) is 6.68. The van der Waals surface area contributed by atoms with Gasteiger partial charge >= 0.3 is 52.9 Å². The maximum Gasteiger partial charge on any atom is 0.436 e. The van der Waals surface area contributed by atoms with Gasteiger partial charge in [0.1, 0.15) is 23.3 Å². The topological polar surface area (TPSA) is 0 Å². The quantitative estimate of drug-likeness (QED) is 0.204. The summed E-state index contributed by atoms with van der Waals surface area (Å²) >= 11 is -9.36. The van der Waals surface area contributed by atoms with E-state index in [1.54, 1.807) is 0 Å². The Morgan fingerprint density at radius 3 is 0.562 bits per heavy atom. The maximum absolute atomic E-state index is 13.4. The molecule has 0 bridgehead atoms. The number of halogens is 12. The fraction of sp³-hybridized carbons (Fsp3) is 0.250. The number of hydrogen-bond donors (Lipinski definition) is 0. The van der Waals surface area contributed by atoms with Crippen LogP contribution in [-0.2, 0) is 0 Å². The van der Waals surface area contributed by atoms with Crippen molar-refractivity contribution in [1.82, 2.24) is 0 Å². The third-order valence-electron chi connectivity index (χ3n) is 4.27. The second kappa shape index (κ2) is 12.9. The Balaban J connectivity index is 0.000000320. The van der Waals surface area contributed by atoms with Crippen LogP contribution in [0.5, 0.6) is 0 Å². The van der Waals surface area contributed by atoms with Gasteiger partial charge in [-0.2, -0.15) is 0 Å². The molecule has 0 saturated heterocycles. The van der Waals surface area contributed by atoms with E-state index in [-0.39, 0.29) is 17.7 Å². The summed E-state index contributed by atoms with van der Waals surface area (Å²) in [4.78, 5) is 0. The van der Waals surface area contributed by atoms with E-state index in [0.29, 0.717) is 0 Å². The molecule has 0 heterocycles. The molecule has 0 amide bonds. The van der Waals surface area contributed by atoms with Gasteiger partial charge in [-0.25, -0.2) is 35.1 Å². The van der Waals surface area contributed by atoms with Crippen LogP contribution in [0.15, 0.2) is 0 Å². The van der Waals surface area contributed by atoms with E-state index in [9.17, 15) is 35.1 Å². The number of benzene rings is 2. The minimum atomic E-state index is -2.34. The molecule has 16 heteroatoms. The van der Waals surface area contributed by atoms with E-state index in [2.05, 4.69) is 0 Å². The molecule has 0 unspecified atom stereocenters. The van der Waals surface area contributed by atoms with Crippen molar-refractivity contribution >= 4 is 111 Å². The molecule has 0 radical (unpaired) electrons. The first-order valence-electron chi connectivity index (χ1n) is 8.85. The zero-order valence-electron chi connectivity index (χ0n) is 16.8. The van der Waals surface area contributed by atoms with Crippen LogP contribution in [0.1, 0.15) is 0 Å². The molecule has 0 atom stereocenters. The highest BCUT2D eigenvalue weighted by molar-refractivity contribution is 7.20. The second-order valence-electron chi connectivity index (χ2n) is 6.63. The molecule has 0 nitrogen and oxygen atoms in total. The smallest absolute Gasteiger partial charge is 0.254 e. The van der Waals surface area contributed by atoms with Crippen molar-refractivity contribution in [2.45, 2.75) is 23.1 Å². The fourth-order valence-electron chi connectivity index (χ4n) is 2.89. The summed E-state index contributed by atoms with van der Waals surface area (Å²) in [6.45, 7) is 0. The van der Waals surface area contributed by atoms with Gasteiger partial charge in [0.2, 0.25) is 0 Å². The average Bonchev–Trinajstić information content (AvgIpc) is 2.69. The third-order valence-corrected chi connectivity index (χ3v) is 13.0. The Morgan fingerprint density at radius 1 is 0.344 bits per heavy atom. The molecular formula is C16H12Al4Cl4F8. The van der Waals surface area contributed by atoms with Crippen molar-refractivity contribution in [3.8, 4) is 0 Å². The number of hydrogen-bond acceptors (Lipinski definition) is 0. The predicted octanol–water partition coefficient (Wildman–Crippen LogP) is 4.75. The van der Waals surface area contributed by atoms with Gasteiger partial charge in [-0.3, -0.25) is 40.2 Å². The Morgan fingerprint density at radius 2 is 0.469 bits per heavy atom. The van der Waals surface area contributed by atoms with Crippen molar-refractivity contribution in [1.29, 1.82) is 0 Å². The summed E-state index contributed by atoms with van der Waals surface area (Å²) in [5, 5.41) is 0. The van der Waals surface area contributed by atoms with Gasteiger partial charge in [0.05, 0.1) is 0 Å². The first kappa shape index (κ1) is 31.2. The van der Waals surface area contributed by atoms with Gasteiger partial charge in [-0.15, -0.1) is 0 Å². The SMILES string of the molecule is [CH3][Al]([Cl])[c]1c(F)c(F)c(F)c(F)[c]1[Al]([CH3])[Cl].[CH3][Al]([Cl])[c]1c(F)c(F)c(F)c(F)[c]1[Al]([CH3])[Cl]. The molecule has 2 aromatic rings. The second-order valence-corrected chi connectivity index (χ2v) is 21.7. The highest BCUT2D eigenvalue weighted by Gasteiger charge is 2.34. The van der Waals surface area contributed by atoms with Crippen LogP contribution in [0.4, 0.5) is 35.1 Å². The largest absolute Gasteiger partial charge is 0.436 e. The molecule has 172 valence electrons. The minimum Gasteiger partial charge on any atom is -0.254 e. The Hall–Kier alpha value is 1.17. The Labute approximate surface area is 213 Å². The monoisotopic (exact) mass is 604 g/mol. The molecule has 0 aromatic heterocycles. The van der Waals surface area contributed by atoms with Gasteiger partial charge in [0.15, 0.2) is 23.3 Å². The van der Waals surface area contributed by atoms with Crippen molar-refractivity contribution in [2.75, 3.05) is 0 Å². The highest BCUT2D eigenvalue weighted by Crippen LogP contribution is 2.15. The maximum atomic E-state index is 13.4. The molecule has 0 fully saturated rings. The summed E-state index contributed by atoms with van der Waals surface area (Å²) in [6.07, 6.45) is 0. The van der Waals surface area contributed by atoms with Gasteiger partial charge in [-0.1, -0.05) is 40.8 Å². The zero-order valence-corrected chi connectivity index (χ0v) is 24.5. The zero-order chi connectivity index (χ0) is 25.2. The molecule has 2 rings (SSSR count). The van der Waals surface area contributed by atoms with E-state index in [1.165, 1.54) is 23.1 Å².